The van der Waals surface area contributed by atoms with Gasteiger partial charge in [-0.15, -0.1) is 0 Å². The van der Waals surface area contributed by atoms with Crippen LogP contribution in [0.2, 0.25) is 0 Å². The first-order valence-electron chi connectivity index (χ1n) is 10.5. The zero-order valence-electron chi connectivity index (χ0n) is 17.0. The third-order valence-corrected chi connectivity index (χ3v) is 5.28. The van der Waals surface area contributed by atoms with Gasteiger partial charge in [0.25, 0.3) is 5.91 Å². The lowest BCUT2D eigenvalue weighted by atomic mass is 10.2. The molecular weight excluding hydrogens is 380 g/mol. The summed E-state index contributed by atoms with van der Waals surface area (Å²) in [5, 5.41) is 8.63. The lowest BCUT2D eigenvalue weighted by Crippen LogP contribution is -2.47. The minimum Gasteiger partial charge on any atom is -0.374 e. The van der Waals surface area contributed by atoms with E-state index in [1.165, 1.54) is 5.56 Å². The summed E-state index contributed by atoms with van der Waals surface area (Å²) in [6.07, 6.45) is 2.07. The van der Waals surface area contributed by atoms with Crippen LogP contribution in [0.4, 0.5) is 10.5 Å². The average molecular weight is 409 g/mol. The fourth-order valence-electron chi connectivity index (χ4n) is 3.47. The Morgan fingerprint density at radius 2 is 1.80 bits per heavy atom. The second-order valence-electron chi connectivity index (χ2n) is 7.87. The van der Waals surface area contributed by atoms with Crippen molar-refractivity contribution in [3.8, 4) is 0 Å². The van der Waals surface area contributed by atoms with Gasteiger partial charge in [-0.05, 0) is 42.7 Å². The summed E-state index contributed by atoms with van der Waals surface area (Å²) in [5.74, 6) is -0.0667. The van der Waals surface area contributed by atoms with Gasteiger partial charge in [-0.1, -0.05) is 30.3 Å². The molecule has 1 saturated heterocycles. The van der Waals surface area contributed by atoms with Crippen LogP contribution in [0.3, 0.4) is 0 Å². The minimum absolute atomic E-state index is 0.0401. The van der Waals surface area contributed by atoms with E-state index in [4.69, 9.17) is 4.74 Å². The highest BCUT2D eigenvalue weighted by Crippen LogP contribution is 2.19. The van der Waals surface area contributed by atoms with E-state index in [0.29, 0.717) is 30.4 Å². The van der Waals surface area contributed by atoms with Crippen LogP contribution in [-0.4, -0.2) is 55.2 Å². The number of morpholine rings is 1. The first-order chi connectivity index (χ1) is 14.7. The van der Waals surface area contributed by atoms with Crippen LogP contribution in [0.5, 0.6) is 0 Å². The van der Waals surface area contributed by atoms with E-state index < -0.39 is 0 Å². The van der Waals surface area contributed by atoms with E-state index in [1.807, 2.05) is 18.2 Å². The number of hydrogen-bond donors (Lipinski definition) is 3. The zero-order valence-corrected chi connectivity index (χ0v) is 17.0. The first kappa shape index (κ1) is 20.4. The Kier molecular flexibility index (Phi) is 6.61. The highest BCUT2D eigenvalue weighted by molar-refractivity contribution is 5.95. The number of amides is 3. The molecule has 1 saturated carbocycles. The van der Waals surface area contributed by atoms with Crippen molar-refractivity contribution in [3.05, 3.63) is 65.7 Å². The quantitative estimate of drug-likeness (QED) is 0.658. The van der Waals surface area contributed by atoms with Crippen LogP contribution < -0.4 is 16.0 Å². The Balaban J connectivity index is 1.20. The fraction of sp³-hybridized carbons (Fsp3) is 0.391. The predicted molar refractivity (Wildman–Crippen MR) is 115 cm³/mol. The van der Waals surface area contributed by atoms with E-state index in [-0.39, 0.29) is 18.0 Å². The van der Waals surface area contributed by atoms with Crippen LogP contribution in [0, 0.1) is 0 Å². The Morgan fingerprint density at radius 3 is 2.53 bits per heavy atom. The molecule has 2 aromatic rings. The van der Waals surface area contributed by atoms with E-state index in [1.54, 1.807) is 24.3 Å². The number of urea groups is 1. The molecule has 0 spiro atoms. The normalized spacial score (nSPS) is 19.1. The molecule has 3 amide bonds. The highest BCUT2D eigenvalue weighted by Gasteiger charge is 2.24. The number of nitrogens with one attached hydrogen (secondary N) is 3. The van der Waals surface area contributed by atoms with E-state index in [0.717, 1.165) is 32.5 Å². The van der Waals surface area contributed by atoms with E-state index in [2.05, 4.69) is 33.0 Å². The summed E-state index contributed by atoms with van der Waals surface area (Å²) in [7, 11) is 0. The Labute approximate surface area is 176 Å². The predicted octanol–water partition coefficient (Wildman–Crippen LogP) is 2.60. The van der Waals surface area contributed by atoms with Gasteiger partial charge in [0, 0.05) is 43.5 Å². The number of ether oxygens (including phenoxy) is 1. The van der Waals surface area contributed by atoms with Crippen molar-refractivity contribution in [2.24, 2.45) is 0 Å². The summed E-state index contributed by atoms with van der Waals surface area (Å²) >= 11 is 0. The molecule has 2 aromatic carbocycles. The summed E-state index contributed by atoms with van der Waals surface area (Å²) in [5.41, 5.74) is 2.52. The standard InChI is InChI=1S/C23H28N4O3/c28-22(25-19-10-11-19)18-6-8-20(9-7-18)26-23(29)24-14-21-16-27(12-13-30-21)15-17-4-2-1-3-5-17/h1-9,19,21H,10-16H2,(H,25,28)(H2,24,26,29). The third kappa shape index (κ3) is 6.05. The van der Waals surface area contributed by atoms with Gasteiger partial charge in [-0.3, -0.25) is 9.69 Å². The van der Waals surface area contributed by atoms with Crippen molar-refractivity contribution in [3.63, 3.8) is 0 Å². The van der Waals surface area contributed by atoms with Gasteiger partial charge in [0.15, 0.2) is 0 Å². The third-order valence-electron chi connectivity index (χ3n) is 5.28. The summed E-state index contributed by atoms with van der Waals surface area (Å²) in [6.45, 7) is 3.65. The minimum atomic E-state index is -0.283. The lowest BCUT2D eigenvalue weighted by Gasteiger charge is -2.33. The lowest BCUT2D eigenvalue weighted by molar-refractivity contribution is -0.0285. The molecule has 7 heteroatoms. The molecule has 4 rings (SSSR count). The van der Waals surface area contributed by atoms with Crippen LogP contribution in [0.25, 0.3) is 0 Å². The second kappa shape index (κ2) is 9.73. The number of benzene rings is 2. The smallest absolute Gasteiger partial charge is 0.319 e. The fourth-order valence-corrected chi connectivity index (χ4v) is 3.47. The summed E-state index contributed by atoms with van der Waals surface area (Å²) in [4.78, 5) is 26.6. The molecule has 1 aliphatic carbocycles. The van der Waals surface area contributed by atoms with E-state index in [9.17, 15) is 9.59 Å². The summed E-state index contributed by atoms with van der Waals surface area (Å²) < 4.78 is 5.80. The molecule has 1 heterocycles. The average Bonchev–Trinajstić information content (AvgIpc) is 3.58. The van der Waals surface area contributed by atoms with Crippen molar-refractivity contribution in [2.45, 2.75) is 31.5 Å². The monoisotopic (exact) mass is 408 g/mol. The molecule has 0 aromatic heterocycles. The number of anilines is 1. The molecule has 2 fully saturated rings. The van der Waals surface area contributed by atoms with Crippen molar-refractivity contribution in [1.82, 2.24) is 15.5 Å². The van der Waals surface area contributed by atoms with Crippen molar-refractivity contribution in [2.75, 3.05) is 31.6 Å². The molecule has 30 heavy (non-hydrogen) atoms. The van der Waals surface area contributed by atoms with Crippen LogP contribution in [-0.2, 0) is 11.3 Å². The van der Waals surface area contributed by atoms with Crippen molar-refractivity contribution >= 4 is 17.6 Å². The van der Waals surface area contributed by atoms with Crippen molar-refractivity contribution in [1.29, 1.82) is 0 Å². The molecule has 3 N–H and O–H groups in total. The molecule has 0 radical (unpaired) electrons. The number of carbonyl (C=O) groups is 2. The molecule has 1 atom stereocenters. The van der Waals surface area contributed by atoms with Crippen LogP contribution in [0.15, 0.2) is 54.6 Å². The Hall–Kier alpha value is -2.90. The van der Waals surface area contributed by atoms with Crippen LogP contribution in [0.1, 0.15) is 28.8 Å². The van der Waals surface area contributed by atoms with Gasteiger partial charge in [0.2, 0.25) is 0 Å². The van der Waals surface area contributed by atoms with Gasteiger partial charge in [-0.2, -0.15) is 0 Å². The first-order valence-corrected chi connectivity index (χ1v) is 10.5. The highest BCUT2D eigenvalue weighted by atomic mass is 16.5. The van der Waals surface area contributed by atoms with Gasteiger partial charge in [0.1, 0.15) is 0 Å². The topological polar surface area (TPSA) is 82.7 Å². The van der Waals surface area contributed by atoms with Gasteiger partial charge >= 0.3 is 6.03 Å². The van der Waals surface area contributed by atoms with Crippen molar-refractivity contribution < 1.29 is 14.3 Å². The molecule has 158 valence electrons. The largest absolute Gasteiger partial charge is 0.374 e. The molecule has 2 aliphatic rings. The maximum Gasteiger partial charge on any atom is 0.319 e. The van der Waals surface area contributed by atoms with Crippen LogP contribution >= 0.6 is 0 Å². The number of rotatable bonds is 7. The number of hydrogen-bond acceptors (Lipinski definition) is 4. The Bertz CT molecular complexity index is 853. The van der Waals surface area contributed by atoms with E-state index >= 15 is 0 Å². The Morgan fingerprint density at radius 1 is 1.03 bits per heavy atom. The molecule has 7 nitrogen and oxygen atoms in total. The number of carbonyl (C=O) groups excluding carboxylic acids is 2. The molecule has 1 aliphatic heterocycles. The maximum atomic E-state index is 12.2. The maximum absolute atomic E-state index is 12.2. The summed E-state index contributed by atoms with van der Waals surface area (Å²) in [6, 6.07) is 17.3. The number of nitrogens with zero attached hydrogens (tertiary/aromatic N) is 1. The molecule has 1 unspecified atom stereocenters. The molecular formula is C23H28N4O3. The second-order valence-corrected chi connectivity index (χ2v) is 7.87. The SMILES string of the molecule is O=C(NCC1CN(Cc2ccccc2)CCO1)Nc1ccc(C(=O)NC2CC2)cc1. The van der Waals surface area contributed by atoms with Gasteiger partial charge in [-0.25, -0.2) is 4.79 Å². The zero-order chi connectivity index (χ0) is 20.8. The molecule has 0 bridgehead atoms. The van der Waals surface area contributed by atoms with Gasteiger partial charge < -0.3 is 20.7 Å². The van der Waals surface area contributed by atoms with Gasteiger partial charge in [0.05, 0.1) is 12.7 Å².